The molecule has 0 radical (unpaired) electrons. The average molecular weight is 445 g/mol. The van der Waals surface area contributed by atoms with Crippen LogP contribution in [0.5, 0.6) is 5.75 Å². The summed E-state index contributed by atoms with van der Waals surface area (Å²) in [5.74, 6) is 0.148. The number of esters is 1. The maximum Gasteiger partial charge on any atom is 0.343 e. The fourth-order valence-electron chi connectivity index (χ4n) is 5.82. The van der Waals surface area contributed by atoms with Crippen LogP contribution in [0.1, 0.15) is 54.0 Å². The van der Waals surface area contributed by atoms with Crippen molar-refractivity contribution < 1.29 is 19.4 Å². The number of aliphatic hydroxyl groups is 1. The minimum Gasteiger partial charge on any atom is -0.492 e. The number of hydrogen-bond acceptors (Lipinski definition) is 7. The Labute approximate surface area is 188 Å². The Kier molecular flexibility index (Phi) is 3.51. The van der Waals surface area contributed by atoms with Gasteiger partial charge in [-0.3, -0.25) is 4.79 Å². The van der Waals surface area contributed by atoms with Crippen molar-refractivity contribution in [2.75, 3.05) is 6.61 Å². The second kappa shape index (κ2) is 6.01. The van der Waals surface area contributed by atoms with Crippen LogP contribution in [-0.2, 0) is 40.2 Å². The monoisotopic (exact) mass is 445 g/mol. The number of nitrogens with two attached hydrogens (primary N) is 1. The van der Waals surface area contributed by atoms with Crippen LogP contribution >= 0.6 is 0 Å². The first-order chi connectivity index (χ1) is 15.9. The van der Waals surface area contributed by atoms with Crippen LogP contribution in [0, 0.1) is 0 Å². The molecule has 1 aliphatic carbocycles. The first-order valence-corrected chi connectivity index (χ1v) is 11.4. The lowest BCUT2D eigenvalue weighted by atomic mass is 9.86. The van der Waals surface area contributed by atoms with Crippen LogP contribution in [0.3, 0.4) is 0 Å². The summed E-state index contributed by atoms with van der Waals surface area (Å²) in [6.07, 6.45) is 2.38. The Hall–Kier alpha value is -3.23. The molecule has 168 valence electrons. The highest BCUT2D eigenvalue weighted by molar-refractivity contribution is 5.91. The summed E-state index contributed by atoms with van der Waals surface area (Å²) in [7, 11) is 0. The van der Waals surface area contributed by atoms with E-state index in [-0.39, 0.29) is 24.0 Å². The van der Waals surface area contributed by atoms with Crippen LogP contribution < -0.4 is 16.0 Å². The molecule has 1 atom stereocenters. The van der Waals surface area contributed by atoms with Gasteiger partial charge in [-0.05, 0) is 37.0 Å². The third kappa shape index (κ3) is 2.25. The van der Waals surface area contributed by atoms with E-state index in [1.165, 1.54) is 5.56 Å². The zero-order valence-corrected chi connectivity index (χ0v) is 18.2. The predicted molar refractivity (Wildman–Crippen MR) is 119 cm³/mol. The number of ether oxygens (including phenoxy) is 2. The van der Waals surface area contributed by atoms with E-state index < -0.39 is 11.6 Å². The van der Waals surface area contributed by atoms with E-state index in [1.54, 1.807) is 17.6 Å². The molecule has 8 heteroatoms. The van der Waals surface area contributed by atoms with Gasteiger partial charge in [0.05, 0.1) is 35.6 Å². The lowest BCUT2D eigenvalue weighted by molar-refractivity contribution is -0.172. The Morgan fingerprint density at radius 3 is 2.70 bits per heavy atom. The summed E-state index contributed by atoms with van der Waals surface area (Å²) >= 11 is 0. The maximum atomic E-state index is 13.4. The number of aromatic nitrogens is 2. The van der Waals surface area contributed by atoms with Crippen molar-refractivity contribution in [2.24, 2.45) is 5.73 Å². The molecule has 3 aromatic rings. The van der Waals surface area contributed by atoms with Crippen molar-refractivity contribution in [3.05, 3.63) is 56.4 Å². The molecule has 3 aliphatic heterocycles. The van der Waals surface area contributed by atoms with Gasteiger partial charge in [0.15, 0.2) is 5.60 Å². The van der Waals surface area contributed by atoms with Gasteiger partial charge in [0, 0.05) is 40.1 Å². The first-order valence-electron chi connectivity index (χ1n) is 11.4. The molecule has 7 rings (SSSR count). The Balaban J connectivity index is 1.50. The van der Waals surface area contributed by atoms with Crippen molar-refractivity contribution in [3.63, 3.8) is 0 Å². The third-order valence-electron chi connectivity index (χ3n) is 8.04. The SMILES string of the molecule is CC[C@@]1(O)C(=O)OCc2c1cc1n(c2=O)Cc2c-1nc1cc3c(cc1c2CN)C1(CC1)CO3. The van der Waals surface area contributed by atoms with Gasteiger partial charge in [-0.25, -0.2) is 9.78 Å². The summed E-state index contributed by atoms with van der Waals surface area (Å²) < 4.78 is 12.8. The van der Waals surface area contributed by atoms with Gasteiger partial charge in [0.2, 0.25) is 0 Å². The molecule has 0 amide bonds. The topological polar surface area (TPSA) is 117 Å². The Morgan fingerprint density at radius 2 is 1.97 bits per heavy atom. The van der Waals surface area contributed by atoms with Crippen molar-refractivity contribution in [2.45, 2.75) is 56.9 Å². The zero-order chi connectivity index (χ0) is 22.7. The van der Waals surface area contributed by atoms with Crippen LogP contribution in [0.4, 0.5) is 0 Å². The first kappa shape index (κ1) is 19.3. The van der Waals surface area contributed by atoms with Crippen LogP contribution in [0.25, 0.3) is 22.3 Å². The van der Waals surface area contributed by atoms with Crippen molar-refractivity contribution >= 4 is 16.9 Å². The van der Waals surface area contributed by atoms with E-state index in [0.29, 0.717) is 42.2 Å². The number of rotatable bonds is 2. The van der Waals surface area contributed by atoms with E-state index in [9.17, 15) is 14.7 Å². The predicted octanol–water partition coefficient (Wildman–Crippen LogP) is 1.96. The minimum atomic E-state index is -1.84. The molecule has 0 unspecified atom stereocenters. The molecule has 1 saturated carbocycles. The van der Waals surface area contributed by atoms with E-state index in [2.05, 4.69) is 6.07 Å². The third-order valence-corrected chi connectivity index (χ3v) is 8.04. The average Bonchev–Trinajstić information content (AvgIpc) is 3.41. The largest absolute Gasteiger partial charge is 0.492 e. The molecular weight excluding hydrogens is 422 g/mol. The number of carbonyl (C=O) groups excluding carboxylic acids is 1. The number of cyclic esters (lactones) is 1. The molecule has 33 heavy (non-hydrogen) atoms. The minimum absolute atomic E-state index is 0.110. The number of benzene rings is 1. The highest BCUT2D eigenvalue weighted by Gasteiger charge is 2.51. The fourth-order valence-corrected chi connectivity index (χ4v) is 5.82. The normalized spacial score (nSPS) is 23.1. The van der Waals surface area contributed by atoms with Crippen LogP contribution in [0.15, 0.2) is 23.0 Å². The highest BCUT2D eigenvalue weighted by atomic mass is 16.6. The van der Waals surface area contributed by atoms with Crippen LogP contribution in [-0.4, -0.2) is 27.2 Å². The second-order valence-electron chi connectivity index (χ2n) is 9.66. The van der Waals surface area contributed by atoms with E-state index in [4.69, 9.17) is 20.2 Å². The molecule has 1 aromatic carbocycles. The summed E-state index contributed by atoms with van der Waals surface area (Å²) in [5.41, 5.74) is 10.1. The Bertz CT molecular complexity index is 1490. The molecule has 8 nitrogen and oxygen atoms in total. The second-order valence-corrected chi connectivity index (χ2v) is 9.66. The summed E-state index contributed by atoms with van der Waals surface area (Å²) in [5, 5.41) is 12.1. The molecule has 5 heterocycles. The zero-order valence-electron chi connectivity index (χ0n) is 18.2. The standard InChI is InChI=1S/C25H23N3O5/c1-2-25(31)16-6-19-21-14(9-28(19)22(29)15(16)10-32-23(25)30)13(8-26)12-5-17-20(7-18(12)27-21)33-11-24(17)3-4-24/h5-7,31H,2-4,8-11,26H2,1H3/t25-/m0/s1. The molecule has 0 saturated heterocycles. The summed E-state index contributed by atoms with van der Waals surface area (Å²) in [4.78, 5) is 30.7. The number of carbonyl (C=O) groups is 1. The molecule has 1 fully saturated rings. The molecule has 3 N–H and O–H groups in total. The molecular formula is C25H23N3O5. The summed E-state index contributed by atoms with van der Waals surface area (Å²) in [6, 6.07) is 5.89. The number of fused-ring (bicyclic) bond motifs is 7. The molecule has 1 spiro atoms. The lowest BCUT2D eigenvalue weighted by Crippen LogP contribution is -2.44. The molecule has 4 aliphatic rings. The van der Waals surface area contributed by atoms with Gasteiger partial charge in [0.1, 0.15) is 12.4 Å². The maximum absolute atomic E-state index is 13.4. The Morgan fingerprint density at radius 1 is 1.15 bits per heavy atom. The van der Waals surface area contributed by atoms with Gasteiger partial charge >= 0.3 is 5.97 Å². The number of pyridine rings is 2. The van der Waals surface area contributed by atoms with Gasteiger partial charge < -0.3 is 24.9 Å². The smallest absolute Gasteiger partial charge is 0.343 e. The lowest BCUT2D eigenvalue weighted by Gasteiger charge is -2.31. The van der Waals surface area contributed by atoms with Crippen LogP contribution in [0.2, 0.25) is 0 Å². The van der Waals surface area contributed by atoms with E-state index >= 15 is 0 Å². The van der Waals surface area contributed by atoms with Gasteiger partial charge in [-0.15, -0.1) is 0 Å². The van der Waals surface area contributed by atoms with Crippen molar-refractivity contribution in [1.29, 1.82) is 0 Å². The van der Waals surface area contributed by atoms with Gasteiger partial charge in [0.25, 0.3) is 5.56 Å². The number of nitrogens with zero attached hydrogens (tertiary/aromatic N) is 2. The van der Waals surface area contributed by atoms with Gasteiger partial charge in [-0.1, -0.05) is 6.92 Å². The fraction of sp³-hybridized carbons (Fsp3) is 0.400. The highest BCUT2D eigenvalue weighted by Crippen LogP contribution is 2.56. The summed E-state index contributed by atoms with van der Waals surface area (Å²) in [6.45, 7) is 2.94. The van der Waals surface area contributed by atoms with Gasteiger partial charge in [-0.2, -0.15) is 0 Å². The van der Waals surface area contributed by atoms with E-state index in [1.807, 2.05) is 6.07 Å². The van der Waals surface area contributed by atoms with Crippen molar-refractivity contribution in [3.8, 4) is 17.1 Å². The molecule has 2 aromatic heterocycles. The quantitative estimate of drug-likeness (QED) is 0.453. The molecule has 0 bridgehead atoms. The van der Waals surface area contributed by atoms with E-state index in [0.717, 1.165) is 40.6 Å². The van der Waals surface area contributed by atoms with Crippen molar-refractivity contribution in [1.82, 2.24) is 9.55 Å². The number of hydrogen-bond donors (Lipinski definition) is 2.